The van der Waals surface area contributed by atoms with Crippen molar-refractivity contribution in [3.8, 4) is 0 Å². The van der Waals surface area contributed by atoms with Crippen molar-refractivity contribution >= 4 is 11.1 Å². The van der Waals surface area contributed by atoms with Crippen molar-refractivity contribution in [1.29, 1.82) is 0 Å². The highest BCUT2D eigenvalue weighted by molar-refractivity contribution is 5.71. The Morgan fingerprint density at radius 1 is 1.56 bits per heavy atom. The number of fused-ring (bicyclic) bond motifs is 1. The van der Waals surface area contributed by atoms with Gasteiger partial charge in [-0.1, -0.05) is 6.07 Å². The number of oxazole rings is 1. The lowest BCUT2D eigenvalue weighted by Crippen LogP contribution is -1.62. The van der Waals surface area contributed by atoms with Gasteiger partial charge in [0, 0.05) is 0 Å². The molecule has 0 N–H and O–H groups in total. The number of hydrogen-bond donors (Lipinski definition) is 0. The van der Waals surface area contributed by atoms with E-state index in [0.717, 1.165) is 11.1 Å². The smallest absolute Gasteiger partial charge is 0.181 e. The maximum absolute atomic E-state index is 4.98. The second-order valence-corrected chi connectivity index (χ2v) is 1.75. The molecule has 0 saturated heterocycles. The Hall–Kier alpha value is -1.31. The van der Waals surface area contributed by atoms with Crippen LogP contribution in [0.4, 0.5) is 0 Å². The minimum Gasteiger partial charge on any atom is -0.443 e. The molecule has 2 aromatic rings. The minimum absolute atomic E-state index is 0.789. The fourth-order valence-corrected chi connectivity index (χ4v) is 0.748. The predicted molar refractivity (Wildman–Crippen MR) is 32.8 cm³/mol. The van der Waals surface area contributed by atoms with Crippen LogP contribution < -0.4 is 0 Å². The molecule has 1 aromatic heterocycles. The van der Waals surface area contributed by atoms with Crippen LogP contribution in [0.3, 0.4) is 0 Å². The van der Waals surface area contributed by atoms with E-state index in [4.69, 9.17) is 4.42 Å². The Balaban J connectivity index is 2.95. The van der Waals surface area contributed by atoms with Crippen molar-refractivity contribution in [1.82, 2.24) is 4.98 Å². The van der Waals surface area contributed by atoms with Gasteiger partial charge >= 0.3 is 0 Å². The molecule has 0 unspecified atom stereocenters. The van der Waals surface area contributed by atoms with E-state index >= 15 is 0 Å². The number of hydrogen-bond acceptors (Lipinski definition) is 2. The van der Waals surface area contributed by atoms with Crippen LogP contribution in [0, 0.1) is 6.07 Å². The maximum Gasteiger partial charge on any atom is 0.181 e. The first-order valence-electron chi connectivity index (χ1n) is 2.66. The van der Waals surface area contributed by atoms with Crippen LogP contribution in [0.25, 0.3) is 11.1 Å². The first-order chi connectivity index (χ1) is 4.47. The van der Waals surface area contributed by atoms with Crippen LogP contribution in [0.1, 0.15) is 0 Å². The van der Waals surface area contributed by atoms with Crippen LogP contribution in [0.2, 0.25) is 0 Å². The molecule has 0 aliphatic carbocycles. The lowest BCUT2D eigenvalue weighted by molar-refractivity contribution is 0.602. The van der Waals surface area contributed by atoms with E-state index in [1.54, 1.807) is 6.07 Å². The monoisotopic (exact) mass is 118 g/mol. The highest BCUT2D eigenvalue weighted by Crippen LogP contribution is 2.08. The van der Waals surface area contributed by atoms with Gasteiger partial charge in [0.05, 0.1) is 0 Å². The topological polar surface area (TPSA) is 26.0 Å². The van der Waals surface area contributed by atoms with Crippen molar-refractivity contribution in [3.63, 3.8) is 0 Å². The Morgan fingerprint density at radius 3 is 3.44 bits per heavy atom. The SMILES string of the molecule is [c]1ccc2ncoc2c1. The molecule has 0 atom stereocenters. The summed E-state index contributed by atoms with van der Waals surface area (Å²) in [6, 6.07) is 8.32. The number of nitrogens with zero attached hydrogens (tertiary/aromatic N) is 1. The number of rotatable bonds is 0. The van der Waals surface area contributed by atoms with Gasteiger partial charge in [0.25, 0.3) is 0 Å². The van der Waals surface area contributed by atoms with Crippen molar-refractivity contribution in [2.45, 2.75) is 0 Å². The maximum atomic E-state index is 4.98. The van der Waals surface area contributed by atoms with Gasteiger partial charge in [0.2, 0.25) is 0 Å². The summed E-state index contributed by atoms with van der Waals surface area (Å²) in [6.45, 7) is 0. The molecule has 0 bridgehead atoms. The van der Waals surface area contributed by atoms with E-state index in [2.05, 4.69) is 11.1 Å². The van der Waals surface area contributed by atoms with E-state index in [9.17, 15) is 0 Å². The lowest BCUT2D eigenvalue weighted by atomic mass is 10.3. The summed E-state index contributed by atoms with van der Waals surface area (Å²) >= 11 is 0. The van der Waals surface area contributed by atoms with Gasteiger partial charge in [0.1, 0.15) is 5.52 Å². The van der Waals surface area contributed by atoms with Gasteiger partial charge in [-0.3, -0.25) is 0 Å². The van der Waals surface area contributed by atoms with E-state index in [0.29, 0.717) is 0 Å². The van der Waals surface area contributed by atoms with E-state index in [-0.39, 0.29) is 0 Å². The molecule has 1 heterocycles. The zero-order valence-electron chi connectivity index (χ0n) is 4.66. The average molecular weight is 118 g/mol. The summed E-state index contributed by atoms with van der Waals surface area (Å²) < 4.78 is 4.98. The van der Waals surface area contributed by atoms with E-state index < -0.39 is 0 Å². The molecule has 0 saturated carbocycles. The molecule has 9 heavy (non-hydrogen) atoms. The average Bonchev–Trinajstić information content (AvgIpc) is 2.33. The Kier molecular flexibility index (Phi) is 0.803. The number of benzene rings is 1. The molecule has 0 aliphatic rings. The molecule has 43 valence electrons. The molecule has 2 nitrogen and oxygen atoms in total. The molecule has 0 aliphatic heterocycles. The molecular weight excluding hydrogens is 114 g/mol. The molecule has 1 aromatic carbocycles. The van der Waals surface area contributed by atoms with Crippen LogP contribution in [-0.2, 0) is 0 Å². The summed E-state index contributed by atoms with van der Waals surface area (Å²) in [6.07, 6.45) is 1.43. The highest BCUT2D eigenvalue weighted by atomic mass is 16.3. The van der Waals surface area contributed by atoms with Crippen molar-refractivity contribution in [2.75, 3.05) is 0 Å². The van der Waals surface area contributed by atoms with Crippen molar-refractivity contribution in [3.05, 3.63) is 30.7 Å². The zero-order valence-corrected chi connectivity index (χ0v) is 4.66. The highest BCUT2D eigenvalue weighted by Gasteiger charge is 1.91. The minimum atomic E-state index is 0.789. The molecule has 2 heteroatoms. The zero-order chi connectivity index (χ0) is 6.10. The van der Waals surface area contributed by atoms with Gasteiger partial charge in [-0.25, -0.2) is 4.98 Å². The molecule has 2 rings (SSSR count). The Morgan fingerprint density at radius 2 is 2.56 bits per heavy atom. The van der Waals surface area contributed by atoms with E-state index in [1.165, 1.54) is 6.39 Å². The first-order valence-corrected chi connectivity index (χ1v) is 2.66. The van der Waals surface area contributed by atoms with Crippen LogP contribution in [-0.4, -0.2) is 4.98 Å². The first kappa shape index (κ1) is 4.56. The fraction of sp³-hybridized carbons (Fsp3) is 0. The predicted octanol–water partition coefficient (Wildman–Crippen LogP) is 1.63. The Labute approximate surface area is 52.1 Å². The summed E-state index contributed by atoms with van der Waals surface area (Å²) in [5.41, 5.74) is 1.67. The lowest BCUT2D eigenvalue weighted by Gasteiger charge is -1.78. The quantitative estimate of drug-likeness (QED) is 0.525. The molecule has 0 fully saturated rings. The normalized spacial score (nSPS) is 10.2. The summed E-state index contributed by atoms with van der Waals surface area (Å²) in [5, 5.41) is 0. The van der Waals surface area contributed by atoms with Crippen LogP contribution in [0.5, 0.6) is 0 Å². The second-order valence-electron chi connectivity index (χ2n) is 1.75. The summed E-state index contributed by atoms with van der Waals surface area (Å²) in [5.74, 6) is 0. The largest absolute Gasteiger partial charge is 0.443 e. The summed E-state index contributed by atoms with van der Waals surface area (Å²) in [7, 11) is 0. The summed E-state index contributed by atoms with van der Waals surface area (Å²) in [4.78, 5) is 3.93. The molecular formula is C7H4NO. The van der Waals surface area contributed by atoms with Crippen LogP contribution in [0.15, 0.2) is 29.0 Å². The third-order valence-electron chi connectivity index (χ3n) is 1.18. The molecule has 0 spiro atoms. The Bertz CT molecular complexity index is 283. The number of aromatic nitrogens is 1. The third kappa shape index (κ3) is 0.598. The molecule has 0 amide bonds. The van der Waals surface area contributed by atoms with Crippen molar-refractivity contribution < 1.29 is 4.42 Å². The van der Waals surface area contributed by atoms with Gasteiger partial charge in [-0.2, -0.15) is 0 Å². The second kappa shape index (κ2) is 1.58. The fourth-order valence-electron chi connectivity index (χ4n) is 0.748. The van der Waals surface area contributed by atoms with Crippen LogP contribution >= 0.6 is 0 Å². The van der Waals surface area contributed by atoms with Crippen molar-refractivity contribution in [2.24, 2.45) is 0 Å². The standard InChI is InChI=1S/C7H4NO/c1-2-4-7-6(3-1)8-5-9-7/h1,3-5H. The van der Waals surface area contributed by atoms with Gasteiger partial charge in [-0.15, -0.1) is 0 Å². The van der Waals surface area contributed by atoms with Gasteiger partial charge < -0.3 is 4.42 Å². The third-order valence-corrected chi connectivity index (χ3v) is 1.18. The van der Waals surface area contributed by atoms with E-state index in [1.807, 2.05) is 12.1 Å². The molecule has 1 radical (unpaired) electrons. The van der Waals surface area contributed by atoms with Gasteiger partial charge in [0.15, 0.2) is 12.0 Å². The van der Waals surface area contributed by atoms with Gasteiger partial charge in [-0.05, 0) is 18.2 Å².